The molecule has 0 aliphatic carbocycles. The number of aromatic nitrogens is 2. The van der Waals surface area contributed by atoms with Crippen LogP contribution < -0.4 is 0 Å². The van der Waals surface area contributed by atoms with Crippen molar-refractivity contribution >= 4 is 0 Å². The summed E-state index contributed by atoms with van der Waals surface area (Å²) in [5, 5.41) is 0. The van der Waals surface area contributed by atoms with E-state index in [2.05, 4.69) is 37.7 Å². The van der Waals surface area contributed by atoms with Crippen molar-refractivity contribution in [1.29, 1.82) is 0 Å². The zero-order chi connectivity index (χ0) is 10.6. The maximum atomic E-state index is 4.05. The highest BCUT2D eigenvalue weighted by Crippen LogP contribution is 2.28. The Morgan fingerprint density at radius 3 is 2.57 bits per heavy atom. The molecule has 0 amide bonds. The third-order valence-corrected chi connectivity index (χ3v) is 2.54. The minimum atomic E-state index is 0.431. The van der Waals surface area contributed by atoms with Gasteiger partial charge in [0.25, 0.3) is 0 Å². The second-order valence-corrected chi connectivity index (χ2v) is 5.32. The minimum Gasteiger partial charge on any atom is -0.348 e. The maximum absolute atomic E-state index is 4.05. The van der Waals surface area contributed by atoms with Gasteiger partial charge >= 0.3 is 0 Å². The number of aromatic amines is 1. The van der Waals surface area contributed by atoms with Crippen molar-refractivity contribution in [2.24, 2.45) is 11.3 Å². The normalized spacial score (nSPS) is 14.3. The molecule has 0 unspecified atom stereocenters. The van der Waals surface area contributed by atoms with Crippen molar-refractivity contribution in [3.05, 3.63) is 18.2 Å². The molecular formula is C12H22N2. The maximum Gasteiger partial charge on any atom is 0.0921 e. The van der Waals surface area contributed by atoms with Gasteiger partial charge in [0.2, 0.25) is 0 Å². The predicted molar refractivity (Wildman–Crippen MR) is 60.1 cm³/mol. The zero-order valence-electron chi connectivity index (χ0n) is 9.80. The van der Waals surface area contributed by atoms with Gasteiger partial charge in [-0.2, -0.15) is 0 Å². The molecule has 0 fully saturated rings. The van der Waals surface area contributed by atoms with Gasteiger partial charge in [0.05, 0.1) is 6.33 Å². The topological polar surface area (TPSA) is 28.7 Å². The molecule has 1 aromatic rings. The highest BCUT2D eigenvalue weighted by atomic mass is 14.9. The molecule has 1 rings (SSSR count). The van der Waals surface area contributed by atoms with E-state index < -0.39 is 0 Å². The largest absolute Gasteiger partial charge is 0.348 e. The van der Waals surface area contributed by atoms with Gasteiger partial charge in [-0.1, -0.05) is 34.1 Å². The van der Waals surface area contributed by atoms with Crippen LogP contribution in [0.4, 0.5) is 0 Å². The fraction of sp³-hybridized carbons (Fsp3) is 0.750. The lowest BCUT2D eigenvalue weighted by molar-refractivity contribution is 0.285. The van der Waals surface area contributed by atoms with Gasteiger partial charge < -0.3 is 4.98 Å². The van der Waals surface area contributed by atoms with E-state index in [-0.39, 0.29) is 0 Å². The molecule has 2 heteroatoms. The smallest absolute Gasteiger partial charge is 0.0921 e. The van der Waals surface area contributed by atoms with Crippen molar-refractivity contribution in [3.63, 3.8) is 0 Å². The van der Waals surface area contributed by atoms with Gasteiger partial charge in [-0.05, 0) is 24.2 Å². The van der Waals surface area contributed by atoms with Crippen molar-refractivity contribution < 1.29 is 0 Å². The highest BCUT2D eigenvalue weighted by molar-refractivity contribution is 4.96. The monoisotopic (exact) mass is 194 g/mol. The third-order valence-electron chi connectivity index (χ3n) is 2.54. The van der Waals surface area contributed by atoms with Crippen LogP contribution in [0, 0.1) is 11.3 Å². The lowest BCUT2D eigenvalue weighted by atomic mass is 9.81. The van der Waals surface area contributed by atoms with E-state index in [9.17, 15) is 0 Å². The summed E-state index contributed by atoms with van der Waals surface area (Å²) in [7, 11) is 0. The Morgan fingerprint density at radius 2 is 2.14 bits per heavy atom. The van der Waals surface area contributed by atoms with Crippen LogP contribution in [0.2, 0.25) is 0 Å². The molecule has 0 aliphatic rings. The van der Waals surface area contributed by atoms with Crippen LogP contribution in [0.1, 0.15) is 46.2 Å². The number of H-pyrrole nitrogens is 1. The van der Waals surface area contributed by atoms with Crippen LogP contribution in [0.25, 0.3) is 0 Å². The summed E-state index contributed by atoms with van der Waals surface area (Å²) in [6.07, 6.45) is 7.36. The molecule has 0 spiro atoms. The Balaban J connectivity index is 2.47. The van der Waals surface area contributed by atoms with Crippen LogP contribution in [0.5, 0.6) is 0 Å². The SMILES string of the molecule is CC[C@H](Cc1cnc[nH]1)CC(C)(C)C. The summed E-state index contributed by atoms with van der Waals surface area (Å²) in [6, 6.07) is 0. The number of hydrogen-bond acceptors (Lipinski definition) is 1. The molecular weight excluding hydrogens is 172 g/mol. The van der Waals surface area contributed by atoms with Crippen molar-refractivity contribution in [2.45, 2.75) is 47.0 Å². The standard InChI is InChI=1S/C12H22N2/c1-5-10(7-12(2,3)4)6-11-8-13-9-14-11/h8-10H,5-7H2,1-4H3,(H,13,14)/t10-/m1/s1. The predicted octanol–water partition coefficient (Wildman–Crippen LogP) is 3.41. The molecule has 1 N–H and O–H groups in total. The van der Waals surface area contributed by atoms with Gasteiger partial charge in [-0.25, -0.2) is 4.98 Å². The Kier molecular flexibility index (Phi) is 3.73. The first kappa shape index (κ1) is 11.3. The fourth-order valence-electron chi connectivity index (χ4n) is 1.93. The Labute approximate surface area is 87.1 Å². The molecule has 0 saturated heterocycles. The number of nitrogens with one attached hydrogen (secondary N) is 1. The average Bonchev–Trinajstić information content (AvgIpc) is 2.53. The van der Waals surface area contributed by atoms with Crippen LogP contribution in [0.15, 0.2) is 12.5 Å². The molecule has 2 nitrogen and oxygen atoms in total. The van der Waals surface area contributed by atoms with Crippen LogP contribution in [-0.4, -0.2) is 9.97 Å². The molecule has 80 valence electrons. The highest BCUT2D eigenvalue weighted by Gasteiger charge is 2.17. The Morgan fingerprint density at radius 1 is 1.43 bits per heavy atom. The zero-order valence-corrected chi connectivity index (χ0v) is 9.80. The van der Waals surface area contributed by atoms with Crippen molar-refractivity contribution in [2.75, 3.05) is 0 Å². The average molecular weight is 194 g/mol. The van der Waals surface area contributed by atoms with Gasteiger partial charge in [-0.15, -0.1) is 0 Å². The molecule has 1 aromatic heterocycles. The summed E-state index contributed by atoms with van der Waals surface area (Å²) < 4.78 is 0. The second kappa shape index (κ2) is 4.63. The molecule has 0 saturated carbocycles. The van der Waals surface area contributed by atoms with E-state index in [1.807, 2.05) is 6.20 Å². The first-order chi connectivity index (χ1) is 6.51. The molecule has 0 aromatic carbocycles. The summed E-state index contributed by atoms with van der Waals surface area (Å²) in [5.41, 5.74) is 1.70. The van der Waals surface area contributed by atoms with Crippen molar-refractivity contribution in [3.8, 4) is 0 Å². The van der Waals surface area contributed by atoms with Gasteiger partial charge in [0.1, 0.15) is 0 Å². The number of hydrogen-bond donors (Lipinski definition) is 1. The van der Waals surface area contributed by atoms with Gasteiger partial charge in [0, 0.05) is 11.9 Å². The van der Waals surface area contributed by atoms with E-state index >= 15 is 0 Å². The molecule has 0 bridgehead atoms. The van der Waals surface area contributed by atoms with Gasteiger partial charge in [-0.3, -0.25) is 0 Å². The second-order valence-electron chi connectivity index (χ2n) is 5.32. The molecule has 14 heavy (non-hydrogen) atoms. The molecule has 0 radical (unpaired) electrons. The summed E-state index contributed by atoms with van der Waals surface area (Å²) in [6.45, 7) is 9.20. The number of rotatable bonds is 4. The Bertz CT molecular complexity index is 244. The van der Waals surface area contributed by atoms with Crippen molar-refractivity contribution in [1.82, 2.24) is 9.97 Å². The molecule has 1 atom stereocenters. The van der Waals surface area contributed by atoms with E-state index in [0.717, 1.165) is 12.3 Å². The number of nitrogens with zero attached hydrogens (tertiary/aromatic N) is 1. The summed E-state index contributed by atoms with van der Waals surface area (Å²) >= 11 is 0. The summed E-state index contributed by atoms with van der Waals surface area (Å²) in [4.78, 5) is 7.23. The first-order valence-corrected chi connectivity index (χ1v) is 5.48. The van der Waals surface area contributed by atoms with E-state index in [0.29, 0.717) is 5.41 Å². The lowest BCUT2D eigenvalue weighted by Crippen LogP contribution is -2.14. The lowest BCUT2D eigenvalue weighted by Gasteiger charge is -2.24. The van der Waals surface area contributed by atoms with Crippen LogP contribution in [0.3, 0.4) is 0 Å². The van der Waals surface area contributed by atoms with E-state index in [4.69, 9.17) is 0 Å². The number of imidazole rings is 1. The molecule has 0 aliphatic heterocycles. The van der Waals surface area contributed by atoms with Crippen LogP contribution in [-0.2, 0) is 6.42 Å². The first-order valence-electron chi connectivity index (χ1n) is 5.48. The third kappa shape index (κ3) is 3.95. The molecule has 1 heterocycles. The van der Waals surface area contributed by atoms with E-state index in [1.165, 1.54) is 18.5 Å². The minimum absolute atomic E-state index is 0.431. The fourth-order valence-corrected chi connectivity index (χ4v) is 1.93. The quantitative estimate of drug-likeness (QED) is 0.781. The van der Waals surface area contributed by atoms with Crippen LogP contribution >= 0.6 is 0 Å². The van der Waals surface area contributed by atoms with E-state index in [1.54, 1.807) is 6.33 Å². The Hall–Kier alpha value is -0.790. The van der Waals surface area contributed by atoms with Gasteiger partial charge in [0.15, 0.2) is 0 Å². The summed E-state index contributed by atoms with van der Waals surface area (Å²) in [5.74, 6) is 0.774.